The molecule has 0 bridgehead atoms. The number of carbonyl (C=O) groups excluding carboxylic acids is 1. The third-order valence-corrected chi connectivity index (χ3v) is 3.51. The van der Waals surface area contributed by atoms with Crippen LogP contribution in [0.5, 0.6) is 0 Å². The van der Waals surface area contributed by atoms with Crippen molar-refractivity contribution < 1.29 is 14.7 Å². The lowest BCUT2D eigenvalue weighted by atomic mass is 9.86. The highest BCUT2D eigenvalue weighted by Crippen LogP contribution is 2.37. The largest absolute Gasteiger partial charge is 0.481 e. The van der Waals surface area contributed by atoms with E-state index in [-0.39, 0.29) is 17.7 Å². The second-order valence-corrected chi connectivity index (χ2v) is 4.75. The van der Waals surface area contributed by atoms with Crippen molar-refractivity contribution in [2.45, 2.75) is 25.3 Å². The number of amides is 1. The number of nitrogens with two attached hydrogens (primary N) is 1. The number of carboxylic acids is 1. The van der Waals surface area contributed by atoms with Crippen LogP contribution in [0.15, 0.2) is 0 Å². The number of hydrogen-bond donors (Lipinski definition) is 2. The molecule has 0 radical (unpaired) electrons. The van der Waals surface area contributed by atoms with Gasteiger partial charge in [0.2, 0.25) is 5.91 Å². The van der Waals surface area contributed by atoms with E-state index in [2.05, 4.69) is 0 Å². The summed E-state index contributed by atoms with van der Waals surface area (Å²) in [6.45, 7) is 2.78. The number of rotatable bonds is 3. The number of aliphatic carboxylic acids is 1. The number of likely N-dealkylation sites (tertiary alicyclic amines) is 1. The lowest BCUT2D eigenvalue weighted by Gasteiger charge is -2.42. The fourth-order valence-electron chi connectivity index (χ4n) is 1.86. The first kappa shape index (κ1) is 10.4. The molecule has 1 aliphatic heterocycles. The van der Waals surface area contributed by atoms with Crippen molar-refractivity contribution in [1.29, 1.82) is 0 Å². The SMILES string of the molecule is CC(C(=O)O)C1CN(C(=O)C2(N)CC2)C1. The lowest BCUT2D eigenvalue weighted by Crippen LogP contribution is -2.58. The minimum Gasteiger partial charge on any atom is -0.481 e. The van der Waals surface area contributed by atoms with Crippen molar-refractivity contribution in [3.8, 4) is 0 Å². The van der Waals surface area contributed by atoms with Crippen molar-refractivity contribution in [3.05, 3.63) is 0 Å². The van der Waals surface area contributed by atoms with Crippen molar-refractivity contribution >= 4 is 11.9 Å². The van der Waals surface area contributed by atoms with Gasteiger partial charge in [-0.05, 0) is 12.8 Å². The third kappa shape index (κ3) is 1.71. The molecule has 0 aromatic heterocycles. The fraction of sp³-hybridized carbons (Fsp3) is 0.800. The van der Waals surface area contributed by atoms with Crippen LogP contribution in [-0.2, 0) is 9.59 Å². The van der Waals surface area contributed by atoms with Crippen molar-refractivity contribution in [2.75, 3.05) is 13.1 Å². The van der Waals surface area contributed by atoms with Crippen LogP contribution >= 0.6 is 0 Å². The summed E-state index contributed by atoms with van der Waals surface area (Å²) >= 11 is 0. The van der Waals surface area contributed by atoms with Gasteiger partial charge in [0.1, 0.15) is 0 Å². The van der Waals surface area contributed by atoms with E-state index < -0.39 is 11.5 Å². The molecule has 1 heterocycles. The van der Waals surface area contributed by atoms with Gasteiger partial charge >= 0.3 is 5.97 Å². The maximum atomic E-state index is 11.7. The summed E-state index contributed by atoms with van der Waals surface area (Å²) < 4.78 is 0. The molecule has 1 amide bonds. The standard InChI is InChI=1S/C10H16N2O3/c1-6(8(13)14)7-4-12(5-7)9(15)10(11)2-3-10/h6-7H,2-5,11H2,1H3,(H,13,14). The van der Waals surface area contributed by atoms with Gasteiger partial charge in [-0.2, -0.15) is 0 Å². The van der Waals surface area contributed by atoms with E-state index in [4.69, 9.17) is 10.8 Å². The van der Waals surface area contributed by atoms with E-state index in [0.29, 0.717) is 13.1 Å². The molecule has 1 saturated carbocycles. The van der Waals surface area contributed by atoms with Gasteiger partial charge in [-0.3, -0.25) is 9.59 Å². The Morgan fingerprint density at radius 2 is 2.00 bits per heavy atom. The third-order valence-electron chi connectivity index (χ3n) is 3.51. The first-order valence-corrected chi connectivity index (χ1v) is 5.25. The fourth-order valence-corrected chi connectivity index (χ4v) is 1.86. The zero-order valence-corrected chi connectivity index (χ0v) is 8.77. The highest BCUT2D eigenvalue weighted by Gasteiger charge is 2.51. The molecular weight excluding hydrogens is 196 g/mol. The molecule has 2 aliphatic rings. The molecule has 3 N–H and O–H groups in total. The molecular formula is C10H16N2O3. The molecule has 1 aliphatic carbocycles. The van der Waals surface area contributed by atoms with Crippen LogP contribution in [0.4, 0.5) is 0 Å². The van der Waals surface area contributed by atoms with E-state index in [1.54, 1.807) is 11.8 Å². The Morgan fingerprint density at radius 3 is 2.40 bits per heavy atom. The summed E-state index contributed by atoms with van der Waals surface area (Å²) in [4.78, 5) is 24.1. The van der Waals surface area contributed by atoms with Crippen molar-refractivity contribution in [1.82, 2.24) is 4.90 Å². The van der Waals surface area contributed by atoms with E-state index in [1.807, 2.05) is 0 Å². The number of carboxylic acid groups (broad SMARTS) is 1. The Labute approximate surface area is 88.2 Å². The quantitative estimate of drug-likeness (QED) is 0.670. The van der Waals surface area contributed by atoms with Crippen LogP contribution < -0.4 is 5.73 Å². The highest BCUT2D eigenvalue weighted by atomic mass is 16.4. The average Bonchev–Trinajstić information content (AvgIpc) is 2.81. The van der Waals surface area contributed by atoms with Crippen LogP contribution in [0.25, 0.3) is 0 Å². The van der Waals surface area contributed by atoms with Crippen LogP contribution in [-0.4, -0.2) is 40.5 Å². The molecule has 5 heteroatoms. The molecule has 0 aromatic rings. The van der Waals surface area contributed by atoms with Gasteiger partial charge in [0.15, 0.2) is 0 Å². The smallest absolute Gasteiger partial charge is 0.306 e. The number of nitrogens with zero attached hydrogens (tertiary/aromatic N) is 1. The van der Waals surface area contributed by atoms with Gasteiger partial charge in [-0.1, -0.05) is 6.92 Å². The molecule has 1 saturated heterocycles. The molecule has 1 unspecified atom stereocenters. The number of carbonyl (C=O) groups is 2. The lowest BCUT2D eigenvalue weighted by molar-refractivity contribution is -0.151. The second kappa shape index (κ2) is 3.20. The molecule has 2 fully saturated rings. The maximum absolute atomic E-state index is 11.7. The van der Waals surface area contributed by atoms with Gasteiger partial charge in [0, 0.05) is 19.0 Å². The van der Waals surface area contributed by atoms with Crippen LogP contribution in [0.2, 0.25) is 0 Å². The molecule has 2 rings (SSSR count). The first-order valence-electron chi connectivity index (χ1n) is 5.25. The molecule has 1 atom stereocenters. The summed E-state index contributed by atoms with van der Waals surface area (Å²) in [5.41, 5.74) is 5.16. The van der Waals surface area contributed by atoms with Crippen LogP contribution in [0.1, 0.15) is 19.8 Å². The minimum atomic E-state index is -0.791. The predicted molar refractivity (Wildman–Crippen MR) is 53.0 cm³/mol. The number of hydrogen-bond acceptors (Lipinski definition) is 3. The van der Waals surface area contributed by atoms with E-state index in [9.17, 15) is 9.59 Å². The van der Waals surface area contributed by atoms with E-state index in [0.717, 1.165) is 12.8 Å². The Hall–Kier alpha value is -1.10. The predicted octanol–water partition coefficient (Wildman–Crippen LogP) is -0.343. The van der Waals surface area contributed by atoms with Crippen LogP contribution in [0, 0.1) is 11.8 Å². The Kier molecular flexibility index (Phi) is 2.22. The molecule has 84 valence electrons. The molecule has 15 heavy (non-hydrogen) atoms. The van der Waals surface area contributed by atoms with E-state index >= 15 is 0 Å². The maximum Gasteiger partial charge on any atom is 0.306 e. The summed E-state index contributed by atoms with van der Waals surface area (Å²) in [5.74, 6) is -1.08. The normalized spacial score (nSPS) is 25.6. The van der Waals surface area contributed by atoms with Gasteiger partial charge in [0.05, 0.1) is 11.5 Å². The van der Waals surface area contributed by atoms with Crippen molar-refractivity contribution in [2.24, 2.45) is 17.6 Å². The second-order valence-electron chi connectivity index (χ2n) is 4.75. The summed E-state index contributed by atoms with van der Waals surface area (Å²) in [6.07, 6.45) is 1.53. The Bertz CT molecular complexity index is 306. The van der Waals surface area contributed by atoms with E-state index in [1.165, 1.54) is 0 Å². The summed E-state index contributed by atoms with van der Waals surface area (Å²) in [5, 5.41) is 8.79. The topological polar surface area (TPSA) is 83.6 Å². The monoisotopic (exact) mass is 212 g/mol. The van der Waals surface area contributed by atoms with Gasteiger partial charge in [-0.25, -0.2) is 0 Å². The highest BCUT2D eigenvalue weighted by molar-refractivity contribution is 5.89. The summed E-state index contributed by atoms with van der Waals surface area (Å²) in [7, 11) is 0. The molecule has 5 nitrogen and oxygen atoms in total. The Balaban J connectivity index is 1.83. The summed E-state index contributed by atoms with van der Waals surface area (Å²) in [6, 6.07) is 0. The molecule has 0 aromatic carbocycles. The van der Waals surface area contributed by atoms with Crippen molar-refractivity contribution in [3.63, 3.8) is 0 Å². The molecule has 0 spiro atoms. The Morgan fingerprint density at radius 1 is 1.47 bits per heavy atom. The van der Waals surface area contributed by atoms with Gasteiger partial charge in [-0.15, -0.1) is 0 Å². The van der Waals surface area contributed by atoms with Gasteiger partial charge < -0.3 is 15.7 Å². The van der Waals surface area contributed by atoms with Crippen LogP contribution in [0.3, 0.4) is 0 Å². The zero-order chi connectivity index (χ0) is 11.2. The minimum absolute atomic E-state index is 0.00339. The zero-order valence-electron chi connectivity index (χ0n) is 8.77. The van der Waals surface area contributed by atoms with Gasteiger partial charge in [0.25, 0.3) is 0 Å². The average molecular weight is 212 g/mol. The first-order chi connectivity index (χ1) is 6.94.